The molecule has 126 valence electrons. The van der Waals surface area contributed by atoms with Crippen molar-refractivity contribution in [2.24, 2.45) is 5.10 Å². The third-order valence-corrected chi connectivity index (χ3v) is 4.26. The summed E-state index contributed by atoms with van der Waals surface area (Å²) in [5.74, 6) is 0.919. The fourth-order valence-corrected chi connectivity index (χ4v) is 2.54. The molecular weight excluding hydrogens is 440 g/mol. The van der Waals surface area contributed by atoms with E-state index >= 15 is 0 Å². The van der Waals surface area contributed by atoms with E-state index in [1.165, 1.54) is 0 Å². The number of benzene rings is 2. The first-order valence-electron chi connectivity index (χ1n) is 7.05. The minimum Gasteiger partial charge on any atom is -0.497 e. The van der Waals surface area contributed by atoms with Crippen molar-refractivity contribution in [2.75, 3.05) is 13.7 Å². The van der Waals surface area contributed by atoms with Crippen LogP contribution in [0.1, 0.15) is 12.5 Å². The molecule has 0 aliphatic heterocycles. The van der Waals surface area contributed by atoms with E-state index < -0.39 is 0 Å². The molecule has 0 aliphatic carbocycles. The van der Waals surface area contributed by atoms with Gasteiger partial charge in [0.05, 0.1) is 17.3 Å². The lowest BCUT2D eigenvalue weighted by Crippen LogP contribution is -2.25. The molecule has 2 aromatic rings. The number of carbonyl (C=O) groups excluding carboxylic acids is 1. The van der Waals surface area contributed by atoms with E-state index in [0.29, 0.717) is 21.7 Å². The summed E-state index contributed by atoms with van der Waals surface area (Å²) in [5.41, 5.74) is 4.12. The highest BCUT2D eigenvalue weighted by atomic mass is 79.9. The lowest BCUT2D eigenvalue weighted by Gasteiger charge is -2.09. The van der Waals surface area contributed by atoms with Crippen molar-refractivity contribution in [3.05, 3.63) is 57.0 Å². The predicted molar refractivity (Wildman–Crippen MR) is 101 cm³/mol. The van der Waals surface area contributed by atoms with Crippen LogP contribution in [0.15, 0.2) is 56.5 Å². The normalized spacial score (nSPS) is 11.1. The van der Waals surface area contributed by atoms with Gasteiger partial charge >= 0.3 is 0 Å². The second-order valence-electron chi connectivity index (χ2n) is 4.82. The summed E-state index contributed by atoms with van der Waals surface area (Å²) in [6.45, 7) is 1.69. The smallest absolute Gasteiger partial charge is 0.277 e. The van der Waals surface area contributed by atoms with Crippen LogP contribution in [0.5, 0.6) is 11.5 Å². The first-order chi connectivity index (χ1) is 11.5. The number of rotatable bonds is 6. The molecule has 0 heterocycles. The minimum absolute atomic E-state index is 0.137. The van der Waals surface area contributed by atoms with Crippen molar-refractivity contribution in [3.8, 4) is 11.5 Å². The van der Waals surface area contributed by atoms with Gasteiger partial charge in [-0.25, -0.2) is 5.43 Å². The number of carbonyl (C=O) groups is 1. The molecule has 0 radical (unpaired) electrons. The van der Waals surface area contributed by atoms with E-state index in [4.69, 9.17) is 9.47 Å². The van der Waals surface area contributed by atoms with Gasteiger partial charge in [0, 0.05) is 4.47 Å². The predicted octanol–water partition coefficient (Wildman–Crippen LogP) is 4.14. The Balaban J connectivity index is 1.89. The number of amides is 1. The highest BCUT2D eigenvalue weighted by Gasteiger charge is 2.07. The molecule has 0 aliphatic rings. The van der Waals surface area contributed by atoms with Crippen LogP contribution in [0.2, 0.25) is 0 Å². The Labute approximate surface area is 157 Å². The molecular formula is C17H16Br2N2O3. The molecule has 0 atom stereocenters. The fraction of sp³-hybridized carbons (Fsp3) is 0.176. The van der Waals surface area contributed by atoms with Crippen molar-refractivity contribution >= 4 is 43.5 Å². The van der Waals surface area contributed by atoms with Crippen molar-refractivity contribution in [3.63, 3.8) is 0 Å². The lowest BCUT2D eigenvalue weighted by atomic mass is 10.1. The van der Waals surface area contributed by atoms with Crippen LogP contribution in [-0.2, 0) is 4.79 Å². The number of nitrogens with one attached hydrogen (secondary N) is 1. The van der Waals surface area contributed by atoms with Gasteiger partial charge in [-0.3, -0.25) is 4.79 Å². The molecule has 1 N–H and O–H groups in total. The van der Waals surface area contributed by atoms with Gasteiger partial charge in [-0.2, -0.15) is 5.10 Å². The Morgan fingerprint density at radius 3 is 2.50 bits per heavy atom. The zero-order valence-corrected chi connectivity index (χ0v) is 16.3. The number of halogens is 2. The van der Waals surface area contributed by atoms with Crippen molar-refractivity contribution in [1.82, 2.24) is 5.43 Å². The molecule has 1 amide bonds. The Hall–Kier alpha value is -1.86. The van der Waals surface area contributed by atoms with Gasteiger partial charge < -0.3 is 9.47 Å². The van der Waals surface area contributed by atoms with E-state index in [9.17, 15) is 4.79 Å². The largest absolute Gasteiger partial charge is 0.497 e. The molecule has 2 aromatic carbocycles. The minimum atomic E-state index is -0.339. The van der Waals surface area contributed by atoms with Gasteiger partial charge in [-0.1, -0.05) is 28.1 Å². The molecule has 0 spiro atoms. The first kappa shape index (κ1) is 18.5. The third kappa shape index (κ3) is 5.35. The highest BCUT2D eigenvalue weighted by molar-refractivity contribution is 9.10. The third-order valence-electron chi connectivity index (χ3n) is 3.11. The topological polar surface area (TPSA) is 59.9 Å². The summed E-state index contributed by atoms with van der Waals surface area (Å²) >= 11 is 6.75. The summed E-state index contributed by atoms with van der Waals surface area (Å²) < 4.78 is 12.3. The van der Waals surface area contributed by atoms with E-state index in [2.05, 4.69) is 42.4 Å². The Morgan fingerprint density at radius 1 is 1.17 bits per heavy atom. The van der Waals surface area contributed by atoms with Gasteiger partial charge in [0.25, 0.3) is 5.91 Å². The highest BCUT2D eigenvalue weighted by Crippen LogP contribution is 2.28. The Bertz CT molecular complexity index is 746. The molecule has 0 bridgehead atoms. The number of hydrogen-bond acceptors (Lipinski definition) is 4. The number of hydrazone groups is 1. The van der Waals surface area contributed by atoms with Gasteiger partial charge in [-0.05, 0) is 58.7 Å². The van der Waals surface area contributed by atoms with E-state index in [-0.39, 0.29) is 12.5 Å². The molecule has 24 heavy (non-hydrogen) atoms. The Morgan fingerprint density at radius 2 is 1.88 bits per heavy atom. The van der Waals surface area contributed by atoms with Crippen molar-refractivity contribution in [2.45, 2.75) is 6.92 Å². The van der Waals surface area contributed by atoms with E-state index in [1.807, 2.05) is 31.2 Å². The lowest BCUT2D eigenvalue weighted by molar-refractivity contribution is -0.123. The van der Waals surface area contributed by atoms with Crippen LogP contribution in [0.25, 0.3) is 0 Å². The average Bonchev–Trinajstić information content (AvgIpc) is 2.59. The summed E-state index contributed by atoms with van der Waals surface area (Å²) in [6.07, 6.45) is 0. The number of nitrogens with zero attached hydrogens (tertiary/aromatic N) is 1. The SMILES string of the molecule is COc1ccc(OCC(=O)N/N=C(\C)c2ccc(Br)cc2)c(Br)c1. The average molecular weight is 456 g/mol. The fourth-order valence-electron chi connectivity index (χ4n) is 1.80. The molecule has 7 heteroatoms. The summed E-state index contributed by atoms with van der Waals surface area (Å²) in [7, 11) is 1.58. The monoisotopic (exact) mass is 454 g/mol. The molecule has 0 saturated heterocycles. The zero-order valence-electron chi connectivity index (χ0n) is 13.2. The van der Waals surface area contributed by atoms with Crippen LogP contribution in [0, 0.1) is 0 Å². The van der Waals surface area contributed by atoms with Crippen molar-refractivity contribution in [1.29, 1.82) is 0 Å². The number of methoxy groups -OCH3 is 1. The standard InChI is InChI=1S/C17H16Br2N2O3/c1-11(12-3-5-13(18)6-4-12)20-21-17(22)10-24-16-8-7-14(23-2)9-15(16)19/h3-9H,10H2,1-2H3,(H,21,22)/b20-11+. The molecule has 0 aromatic heterocycles. The van der Waals surface area contributed by atoms with Crippen LogP contribution >= 0.6 is 31.9 Å². The van der Waals surface area contributed by atoms with Gasteiger partial charge in [0.15, 0.2) is 6.61 Å². The molecule has 0 saturated carbocycles. The van der Waals surface area contributed by atoms with Crippen LogP contribution in [0.3, 0.4) is 0 Å². The Kier molecular flexibility index (Phi) is 6.81. The van der Waals surface area contributed by atoms with Gasteiger partial charge in [0.2, 0.25) is 0 Å². The summed E-state index contributed by atoms with van der Waals surface area (Å²) in [4.78, 5) is 11.8. The van der Waals surface area contributed by atoms with Crippen LogP contribution < -0.4 is 14.9 Å². The quantitative estimate of drug-likeness (QED) is 0.526. The number of hydrogen-bond donors (Lipinski definition) is 1. The zero-order chi connectivity index (χ0) is 17.5. The molecule has 0 unspecified atom stereocenters. The van der Waals surface area contributed by atoms with E-state index in [0.717, 1.165) is 10.0 Å². The maximum Gasteiger partial charge on any atom is 0.277 e. The first-order valence-corrected chi connectivity index (χ1v) is 8.63. The maximum atomic E-state index is 11.8. The number of ether oxygens (including phenoxy) is 2. The van der Waals surface area contributed by atoms with Crippen LogP contribution in [-0.4, -0.2) is 25.3 Å². The second kappa shape index (κ2) is 8.84. The van der Waals surface area contributed by atoms with Crippen molar-refractivity contribution < 1.29 is 14.3 Å². The van der Waals surface area contributed by atoms with Gasteiger partial charge in [0.1, 0.15) is 11.5 Å². The molecule has 2 rings (SSSR count). The van der Waals surface area contributed by atoms with Crippen LogP contribution in [0.4, 0.5) is 0 Å². The molecule has 5 nitrogen and oxygen atoms in total. The molecule has 0 fully saturated rings. The second-order valence-corrected chi connectivity index (χ2v) is 6.59. The maximum absolute atomic E-state index is 11.8. The van der Waals surface area contributed by atoms with Gasteiger partial charge in [-0.15, -0.1) is 0 Å². The summed E-state index contributed by atoms with van der Waals surface area (Å²) in [6, 6.07) is 12.9. The van der Waals surface area contributed by atoms with E-state index in [1.54, 1.807) is 25.3 Å². The summed E-state index contributed by atoms with van der Waals surface area (Å²) in [5, 5.41) is 4.08.